The molecule has 2 heterocycles. The van der Waals surface area contributed by atoms with Crippen LogP contribution in [0.25, 0.3) is 11.0 Å². The lowest BCUT2D eigenvalue weighted by atomic mass is 10.3. The Hall–Kier alpha value is -1.45. The van der Waals surface area contributed by atoms with Crippen LogP contribution < -0.4 is 0 Å². The highest BCUT2D eigenvalue weighted by atomic mass is 15.3. The second kappa shape index (κ2) is 1.76. The van der Waals surface area contributed by atoms with Gasteiger partial charge in [0, 0.05) is 6.20 Å². The van der Waals surface area contributed by atoms with Gasteiger partial charge in [0.15, 0.2) is 0 Å². The summed E-state index contributed by atoms with van der Waals surface area (Å²) in [5.74, 6) is 0. The number of hydrogen-bond acceptors (Lipinski definition) is 3. The second-order valence-corrected chi connectivity index (χ2v) is 2.15. The van der Waals surface area contributed by atoms with Crippen LogP contribution in [0.15, 0.2) is 12.4 Å². The molecule has 4 nitrogen and oxygen atoms in total. The number of hydrogen-bond donors (Lipinski definition) is 1. The molecule has 1 N–H and O–H groups in total. The van der Waals surface area contributed by atoms with Gasteiger partial charge in [-0.3, -0.25) is 4.98 Å². The molecule has 50 valence electrons. The first-order valence-corrected chi connectivity index (χ1v) is 2.99. The van der Waals surface area contributed by atoms with Crippen molar-refractivity contribution < 1.29 is 0 Å². The van der Waals surface area contributed by atoms with Crippen molar-refractivity contribution in [3.05, 3.63) is 18.0 Å². The zero-order valence-corrected chi connectivity index (χ0v) is 5.50. The fourth-order valence-electron chi connectivity index (χ4n) is 0.900. The van der Waals surface area contributed by atoms with Crippen molar-refractivity contribution in [3.63, 3.8) is 0 Å². The maximum absolute atomic E-state index is 3.96. The average Bonchev–Trinajstić information content (AvgIpc) is 2.36. The van der Waals surface area contributed by atoms with Gasteiger partial charge in [0.2, 0.25) is 0 Å². The van der Waals surface area contributed by atoms with Crippen molar-refractivity contribution in [2.24, 2.45) is 0 Å². The zero-order valence-electron chi connectivity index (χ0n) is 5.50. The number of nitrogens with one attached hydrogen (secondary N) is 1. The maximum Gasteiger partial charge on any atom is 0.131 e. The second-order valence-electron chi connectivity index (χ2n) is 2.15. The summed E-state index contributed by atoms with van der Waals surface area (Å²) in [6, 6.07) is 0. The van der Waals surface area contributed by atoms with Crippen molar-refractivity contribution in [2.75, 3.05) is 0 Å². The van der Waals surface area contributed by atoms with E-state index in [2.05, 4.69) is 20.4 Å². The van der Waals surface area contributed by atoms with Gasteiger partial charge in [-0.15, -0.1) is 0 Å². The predicted octanol–water partition coefficient (Wildman–Crippen LogP) is 0.661. The monoisotopic (exact) mass is 134 g/mol. The zero-order chi connectivity index (χ0) is 6.97. The smallest absolute Gasteiger partial charge is 0.131 e. The highest BCUT2D eigenvalue weighted by molar-refractivity contribution is 5.75. The average molecular weight is 134 g/mol. The molecule has 0 radical (unpaired) electrons. The van der Waals surface area contributed by atoms with Gasteiger partial charge in [0.05, 0.1) is 6.20 Å². The third kappa shape index (κ3) is 0.586. The van der Waals surface area contributed by atoms with Gasteiger partial charge in [0.1, 0.15) is 11.0 Å². The third-order valence-corrected chi connectivity index (χ3v) is 1.41. The van der Waals surface area contributed by atoms with Crippen molar-refractivity contribution >= 4 is 11.0 Å². The van der Waals surface area contributed by atoms with Crippen LogP contribution in [0.4, 0.5) is 0 Å². The Morgan fingerprint density at radius 2 is 2.20 bits per heavy atom. The molecule has 0 aliphatic heterocycles. The van der Waals surface area contributed by atoms with E-state index < -0.39 is 0 Å². The Balaban J connectivity index is 2.95. The number of aromatic amines is 1. The van der Waals surface area contributed by atoms with E-state index in [1.54, 1.807) is 12.4 Å². The van der Waals surface area contributed by atoms with Gasteiger partial charge >= 0.3 is 0 Å². The minimum atomic E-state index is 0.819. The van der Waals surface area contributed by atoms with E-state index in [9.17, 15) is 0 Å². The SMILES string of the molecule is Cc1cncc2n[nH]nc12. The molecular formula is C6H6N4. The summed E-state index contributed by atoms with van der Waals surface area (Å²) < 4.78 is 0. The topological polar surface area (TPSA) is 54.5 Å². The van der Waals surface area contributed by atoms with E-state index in [1.165, 1.54) is 0 Å². The summed E-state index contributed by atoms with van der Waals surface area (Å²) >= 11 is 0. The molecule has 0 amide bonds. The quantitative estimate of drug-likeness (QED) is 0.575. The number of pyridine rings is 1. The van der Waals surface area contributed by atoms with Crippen LogP contribution in [-0.4, -0.2) is 20.4 Å². The van der Waals surface area contributed by atoms with Gasteiger partial charge < -0.3 is 0 Å². The van der Waals surface area contributed by atoms with Crippen molar-refractivity contribution in [1.82, 2.24) is 20.4 Å². The van der Waals surface area contributed by atoms with Crippen LogP contribution >= 0.6 is 0 Å². The van der Waals surface area contributed by atoms with Crippen molar-refractivity contribution in [3.8, 4) is 0 Å². The minimum Gasteiger partial charge on any atom is -0.262 e. The summed E-state index contributed by atoms with van der Waals surface area (Å²) in [5.41, 5.74) is 2.77. The van der Waals surface area contributed by atoms with Gasteiger partial charge in [-0.25, -0.2) is 0 Å². The molecule has 2 aromatic heterocycles. The van der Waals surface area contributed by atoms with Gasteiger partial charge in [-0.1, -0.05) is 0 Å². The Bertz CT molecular complexity index is 351. The normalized spacial score (nSPS) is 10.5. The van der Waals surface area contributed by atoms with E-state index in [0.29, 0.717) is 0 Å². The van der Waals surface area contributed by atoms with Crippen LogP contribution in [0.2, 0.25) is 0 Å². The first kappa shape index (κ1) is 5.34. The number of rotatable bonds is 0. The molecule has 0 atom stereocenters. The number of aryl methyl sites for hydroxylation is 1. The highest BCUT2D eigenvalue weighted by Crippen LogP contribution is 2.08. The lowest BCUT2D eigenvalue weighted by Gasteiger charge is -1.87. The number of H-pyrrole nitrogens is 1. The Morgan fingerprint density at radius 1 is 1.30 bits per heavy atom. The molecule has 0 bridgehead atoms. The standard InChI is InChI=1S/C6H6N4/c1-4-2-7-3-5-6(4)9-10-8-5/h2-3H,1H3,(H,8,9,10). The van der Waals surface area contributed by atoms with E-state index in [-0.39, 0.29) is 0 Å². The first-order valence-electron chi connectivity index (χ1n) is 2.99. The predicted molar refractivity (Wildman–Crippen MR) is 36.4 cm³/mol. The van der Waals surface area contributed by atoms with Gasteiger partial charge in [0.25, 0.3) is 0 Å². The third-order valence-electron chi connectivity index (χ3n) is 1.41. The Labute approximate surface area is 57.3 Å². The molecule has 0 aromatic carbocycles. The van der Waals surface area contributed by atoms with Crippen LogP contribution in [-0.2, 0) is 0 Å². The molecule has 10 heavy (non-hydrogen) atoms. The lowest BCUT2D eigenvalue weighted by molar-refractivity contribution is 0.958. The summed E-state index contributed by atoms with van der Waals surface area (Å²) in [6.45, 7) is 1.96. The summed E-state index contributed by atoms with van der Waals surface area (Å²) in [7, 11) is 0. The number of nitrogens with zero attached hydrogens (tertiary/aromatic N) is 3. The van der Waals surface area contributed by atoms with E-state index in [0.717, 1.165) is 16.6 Å². The van der Waals surface area contributed by atoms with Crippen LogP contribution in [0.1, 0.15) is 5.56 Å². The minimum absolute atomic E-state index is 0.819. The highest BCUT2D eigenvalue weighted by Gasteiger charge is 1.98. The van der Waals surface area contributed by atoms with E-state index in [4.69, 9.17) is 0 Å². The largest absolute Gasteiger partial charge is 0.262 e. The molecule has 0 unspecified atom stereocenters. The van der Waals surface area contributed by atoms with Crippen LogP contribution in [0, 0.1) is 6.92 Å². The Kier molecular flexibility index (Phi) is 0.943. The molecule has 0 aliphatic rings. The lowest BCUT2D eigenvalue weighted by Crippen LogP contribution is -1.78. The molecule has 4 heteroatoms. The number of aromatic nitrogens is 4. The summed E-state index contributed by atoms with van der Waals surface area (Å²) in [5, 5.41) is 10.4. The molecule has 0 spiro atoms. The van der Waals surface area contributed by atoms with Crippen molar-refractivity contribution in [1.29, 1.82) is 0 Å². The van der Waals surface area contributed by atoms with E-state index in [1.807, 2.05) is 6.92 Å². The fourth-order valence-corrected chi connectivity index (χ4v) is 0.900. The first-order chi connectivity index (χ1) is 4.88. The summed E-state index contributed by atoms with van der Waals surface area (Å²) in [6.07, 6.45) is 3.46. The van der Waals surface area contributed by atoms with Crippen LogP contribution in [0.3, 0.4) is 0 Å². The van der Waals surface area contributed by atoms with Gasteiger partial charge in [-0.05, 0) is 12.5 Å². The molecule has 0 aliphatic carbocycles. The maximum atomic E-state index is 3.96. The molecule has 0 saturated carbocycles. The molecular weight excluding hydrogens is 128 g/mol. The molecule has 2 rings (SSSR count). The molecule has 0 saturated heterocycles. The van der Waals surface area contributed by atoms with E-state index >= 15 is 0 Å². The Morgan fingerprint density at radius 3 is 3.00 bits per heavy atom. The number of fused-ring (bicyclic) bond motifs is 1. The molecule has 0 fully saturated rings. The molecule has 2 aromatic rings. The van der Waals surface area contributed by atoms with Gasteiger partial charge in [-0.2, -0.15) is 15.4 Å². The fraction of sp³-hybridized carbons (Fsp3) is 0.167. The summed E-state index contributed by atoms with van der Waals surface area (Å²) in [4.78, 5) is 3.96. The van der Waals surface area contributed by atoms with Crippen molar-refractivity contribution in [2.45, 2.75) is 6.92 Å². The van der Waals surface area contributed by atoms with Crippen LogP contribution in [0.5, 0.6) is 0 Å².